The number of hydrogen-bond acceptors (Lipinski definition) is 2. The third kappa shape index (κ3) is 4.07. The fourth-order valence-corrected chi connectivity index (χ4v) is 2.63. The first-order valence-corrected chi connectivity index (χ1v) is 7.61. The van der Waals surface area contributed by atoms with Crippen LogP contribution in [0, 0.1) is 0 Å². The van der Waals surface area contributed by atoms with Gasteiger partial charge in [-0.1, -0.05) is 18.2 Å². The largest absolute Gasteiger partial charge is 0.312 e. The van der Waals surface area contributed by atoms with Crippen molar-refractivity contribution in [3.63, 3.8) is 0 Å². The predicted octanol–water partition coefficient (Wildman–Crippen LogP) is 3.13. The van der Waals surface area contributed by atoms with Gasteiger partial charge in [-0.2, -0.15) is 0 Å². The fraction of sp³-hybridized carbons (Fsp3) is 0.588. The van der Waals surface area contributed by atoms with Crippen LogP contribution in [0.2, 0.25) is 0 Å². The van der Waals surface area contributed by atoms with Gasteiger partial charge < -0.3 is 10.2 Å². The Morgan fingerprint density at radius 1 is 1.20 bits per heavy atom. The van der Waals surface area contributed by atoms with Gasteiger partial charge in [-0.15, -0.1) is 0 Å². The highest BCUT2D eigenvalue weighted by Crippen LogP contribution is 2.26. The second-order valence-corrected chi connectivity index (χ2v) is 6.56. The summed E-state index contributed by atoms with van der Waals surface area (Å²) in [7, 11) is 0. The maximum atomic E-state index is 12.3. The number of carbonyl (C=O) groups is 1. The summed E-state index contributed by atoms with van der Waals surface area (Å²) in [5.74, 6) is 0.269. The smallest absolute Gasteiger partial charge is 0.226 e. The number of amides is 1. The van der Waals surface area contributed by atoms with Gasteiger partial charge >= 0.3 is 0 Å². The highest BCUT2D eigenvalue weighted by atomic mass is 16.2. The van der Waals surface area contributed by atoms with Crippen LogP contribution >= 0.6 is 0 Å². The molecule has 0 unspecified atom stereocenters. The van der Waals surface area contributed by atoms with Gasteiger partial charge in [0.15, 0.2) is 0 Å². The molecule has 1 heterocycles. The lowest BCUT2D eigenvalue weighted by molar-refractivity contribution is -0.118. The Balaban J connectivity index is 2.00. The van der Waals surface area contributed by atoms with Crippen molar-refractivity contribution in [1.29, 1.82) is 0 Å². The Hall–Kier alpha value is -1.35. The second kappa shape index (κ2) is 6.40. The number of para-hydroxylation sites is 1. The van der Waals surface area contributed by atoms with Gasteiger partial charge in [-0.25, -0.2) is 0 Å². The molecule has 0 radical (unpaired) electrons. The zero-order chi connectivity index (χ0) is 14.6. The summed E-state index contributed by atoms with van der Waals surface area (Å²) in [6, 6.07) is 8.32. The predicted molar refractivity (Wildman–Crippen MR) is 84.1 cm³/mol. The molecule has 110 valence electrons. The topological polar surface area (TPSA) is 32.3 Å². The maximum Gasteiger partial charge on any atom is 0.226 e. The lowest BCUT2D eigenvalue weighted by atomic mass is 10.1. The number of carbonyl (C=O) groups excluding carboxylic acids is 1. The summed E-state index contributed by atoms with van der Waals surface area (Å²) >= 11 is 0. The maximum absolute atomic E-state index is 12.3. The van der Waals surface area contributed by atoms with Gasteiger partial charge in [0.1, 0.15) is 0 Å². The first-order chi connectivity index (χ1) is 9.47. The number of rotatable bonds is 4. The molecule has 1 amide bonds. The molecule has 3 nitrogen and oxygen atoms in total. The van der Waals surface area contributed by atoms with E-state index in [9.17, 15) is 4.79 Å². The quantitative estimate of drug-likeness (QED) is 0.856. The van der Waals surface area contributed by atoms with Gasteiger partial charge in [0.05, 0.1) is 0 Å². The zero-order valence-corrected chi connectivity index (χ0v) is 12.9. The number of hydrogen-bond donors (Lipinski definition) is 1. The average molecular weight is 274 g/mol. The van der Waals surface area contributed by atoms with Crippen LogP contribution in [0.3, 0.4) is 0 Å². The van der Waals surface area contributed by atoms with E-state index in [1.165, 1.54) is 5.56 Å². The Morgan fingerprint density at radius 3 is 2.70 bits per heavy atom. The van der Waals surface area contributed by atoms with Crippen LogP contribution < -0.4 is 10.2 Å². The lowest BCUT2D eigenvalue weighted by Gasteiger charge is -2.25. The van der Waals surface area contributed by atoms with E-state index in [-0.39, 0.29) is 11.4 Å². The molecule has 3 heteroatoms. The van der Waals surface area contributed by atoms with Crippen molar-refractivity contribution in [2.24, 2.45) is 0 Å². The third-order valence-electron chi connectivity index (χ3n) is 3.63. The summed E-state index contributed by atoms with van der Waals surface area (Å²) in [4.78, 5) is 14.3. The van der Waals surface area contributed by atoms with E-state index in [1.807, 2.05) is 11.0 Å². The molecule has 1 aliphatic rings. The van der Waals surface area contributed by atoms with Crippen LogP contribution in [0.4, 0.5) is 5.69 Å². The molecular weight excluding hydrogens is 248 g/mol. The SMILES string of the molecule is CC(C)(C)NCCCN1C(=O)CCCc2ccccc21. The molecule has 0 saturated heterocycles. The molecule has 20 heavy (non-hydrogen) atoms. The Morgan fingerprint density at radius 2 is 1.95 bits per heavy atom. The van der Waals surface area contributed by atoms with Crippen molar-refractivity contribution in [3.8, 4) is 0 Å². The minimum Gasteiger partial charge on any atom is -0.312 e. The van der Waals surface area contributed by atoms with Gasteiger partial charge in [0.2, 0.25) is 5.91 Å². The first-order valence-electron chi connectivity index (χ1n) is 7.61. The van der Waals surface area contributed by atoms with Crippen LogP contribution in [-0.4, -0.2) is 24.5 Å². The molecule has 1 aliphatic heterocycles. The Labute approximate surface area is 122 Å². The molecule has 0 fully saturated rings. The summed E-state index contributed by atoms with van der Waals surface area (Å²) in [6.45, 7) is 8.24. The second-order valence-electron chi connectivity index (χ2n) is 6.56. The molecule has 0 spiro atoms. The number of nitrogens with zero attached hydrogens (tertiary/aromatic N) is 1. The monoisotopic (exact) mass is 274 g/mol. The van der Waals surface area contributed by atoms with E-state index >= 15 is 0 Å². The number of anilines is 1. The normalized spacial score (nSPS) is 15.9. The van der Waals surface area contributed by atoms with E-state index in [0.717, 1.165) is 38.0 Å². The lowest BCUT2D eigenvalue weighted by Crippen LogP contribution is -2.39. The molecule has 0 aromatic heterocycles. The molecule has 1 aromatic rings. The molecule has 0 bridgehead atoms. The van der Waals surface area contributed by atoms with Crippen molar-refractivity contribution in [3.05, 3.63) is 29.8 Å². The molecule has 2 rings (SSSR count). The molecular formula is C17H26N2O. The summed E-state index contributed by atoms with van der Waals surface area (Å²) in [5, 5.41) is 3.48. The molecule has 1 N–H and O–H groups in total. The number of aryl methyl sites for hydroxylation is 1. The minimum atomic E-state index is 0.140. The van der Waals surface area contributed by atoms with Gasteiger partial charge in [-0.05, 0) is 58.2 Å². The van der Waals surface area contributed by atoms with E-state index < -0.39 is 0 Å². The average Bonchev–Trinajstić information content (AvgIpc) is 2.53. The van der Waals surface area contributed by atoms with Gasteiger partial charge in [0, 0.05) is 24.2 Å². The van der Waals surface area contributed by atoms with Crippen LogP contribution in [0.1, 0.15) is 45.6 Å². The van der Waals surface area contributed by atoms with Crippen molar-refractivity contribution in [2.75, 3.05) is 18.0 Å². The molecule has 0 atom stereocenters. The summed E-state index contributed by atoms with van der Waals surface area (Å²) in [5.41, 5.74) is 2.56. The van der Waals surface area contributed by atoms with E-state index in [4.69, 9.17) is 0 Å². The summed E-state index contributed by atoms with van der Waals surface area (Å²) < 4.78 is 0. The van der Waals surface area contributed by atoms with Crippen LogP contribution in [0.15, 0.2) is 24.3 Å². The van der Waals surface area contributed by atoms with E-state index in [1.54, 1.807) is 0 Å². The fourth-order valence-electron chi connectivity index (χ4n) is 2.63. The number of nitrogens with one attached hydrogen (secondary N) is 1. The summed E-state index contributed by atoms with van der Waals surface area (Å²) in [6.07, 6.45) is 3.63. The van der Waals surface area contributed by atoms with E-state index in [2.05, 4.69) is 44.3 Å². The van der Waals surface area contributed by atoms with Crippen LogP contribution in [-0.2, 0) is 11.2 Å². The van der Waals surface area contributed by atoms with Crippen molar-refractivity contribution in [2.45, 2.75) is 52.0 Å². The zero-order valence-electron chi connectivity index (χ0n) is 12.9. The van der Waals surface area contributed by atoms with Gasteiger partial charge in [-0.3, -0.25) is 4.79 Å². The standard InChI is InChI=1S/C17H26N2O/c1-17(2,3)18-12-7-13-19-15-10-5-4-8-14(15)9-6-11-16(19)20/h4-5,8,10,18H,6-7,9,11-13H2,1-3H3. The highest BCUT2D eigenvalue weighted by molar-refractivity contribution is 5.94. The van der Waals surface area contributed by atoms with Crippen LogP contribution in [0.25, 0.3) is 0 Å². The van der Waals surface area contributed by atoms with Gasteiger partial charge in [0.25, 0.3) is 0 Å². The third-order valence-corrected chi connectivity index (χ3v) is 3.63. The first kappa shape index (κ1) is 15.0. The minimum absolute atomic E-state index is 0.140. The van der Waals surface area contributed by atoms with Crippen molar-refractivity contribution in [1.82, 2.24) is 5.32 Å². The molecule has 1 aromatic carbocycles. The Bertz CT molecular complexity index is 462. The molecule has 0 saturated carbocycles. The number of benzene rings is 1. The van der Waals surface area contributed by atoms with Crippen LogP contribution in [0.5, 0.6) is 0 Å². The molecule has 0 aliphatic carbocycles. The Kier molecular flexibility index (Phi) is 4.81. The number of fused-ring (bicyclic) bond motifs is 1. The van der Waals surface area contributed by atoms with E-state index in [0.29, 0.717) is 6.42 Å². The van der Waals surface area contributed by atoms with Crippen molar-refractivity contribution >= 4 is 11.6 Å². The highest BCUT2D eigenvalue weighted by Gasteiger charge is 2.21. The van der Waals surface area contributed by atoms with Crippen molar-refractivity contribution < 1.29 is 4.79 Å².